The number of anilines is 2. The lowest BCUT2D eigenvalue weighted by molar-refractivity contribution is -0.0583. The van der Waals surface area contributed by atoms with E-state index in [1.165, 1.54) is 65.4 Å². The molecule has 2 aliphatic carbocycles. The largest absolute Gasteiger partial charge is 0.412 e. The standard InChI is InChI=1S/2C17H25N5O4.3H2O/c2*1-25-14-13(24)11(7-23)26-17(14)22-9-20-12-15(18-8-19-16(12)22)21-10-5-3-2-4-6-10;;;/h2*8-11,13-14,17,23-24H,2-7H2,1H3,(H,18,19,21);3*1H2/t2*11-,13-,14-,17-;;;/m11.../s1. The van der Waals surface area contributed by atoms with Crippen LogP contribution >= 0.6 is 0 Å². The molecule has 0 radical (unpaired) electrons. The SMILES string of the molecule is CO[C@@H]1[C@H](O)[C@@H](CO)O[C@H]1n1cnc2c(NC3CCCCC3)ncnc21.CO[C@@H]1[C@H](O)[C@@H](CO)O[C@H]1n1cnc2c(NC3CCCCC3)ncnc21.O.O.O. The zero-order valence-corrected chi connectivity index (χ0v) is 31.1. The first-order valence-corrected chi connectivity index (χ1v) is 18.3. The molecule has 21 nitrogen and oxygen atoms in total. The molecule has 12 N–H and O–H groups in total. The van der Waals surface area contributed by atoms with Gasteiger partial charge in [0.1, 0.15) is 49.3 Å². The summed E-state index contributed by atoms with van der Waals surface area (Å²) >= 11 is 0. The van der Waals surface area contributed by atoms with Crippen LogP contribution in [0.4, 0.5) is 11.6 Å². The third-order valence-corrected chi connectivity index (χ3v) is 10.7. The van der Waals surface area contributed by atoms with Gasteiger partial charge in [-0.15, -0.1) is 0 Å². The van der Waals surface area contributed by atoms with E-state index in [0.717, 1.165) is 25.7 Å². The van der Waals surface area contributed by atoms with Crippen molar-refractivity contribution < 1.29 is 55.8 Å². The van der Waals surface area contributed by atoms with Crippen LogP contribution in [0.1, 0.15) is 76.7 Å². The fourth-order valence-electron chi connectivity index (χ4n) is 7.86. The molecule has 4 aromatic heterocycles. The molecule has 0 unspecified atom stereocenters. The van der Waals surface area contributed by atoms with E-state index >= 15 is 0 Å². The van der Waals surface area contributed by atoms with Crippen LogP contribution in [0.3, 0.4) is 0 Å². The van der Waals surface area contributed by atoms with Crippen molar-refractivity contribution in [1.82, 2.24) is 39.0 Å². The second kappa shape index (κ2) is 19.9. The minimum atomic E-state index is -0.922. The number of aliphatic hydroxyl groups excluding tert-OH is 4. The number of ether oxygens (including phenoxy) is 4. The van der Waals surface area contributed by atoms with Crippen LogP contribution < -0.4 is 10.6 Å². The predicted molar refractivity (Wildman–Crippen MR) is 198 cm³/mol. The van der Waals surface area contributed by atoms with E-state index < -0.39 is 49.1 Å². The van der Waals surface area contributed by atoms with E-state index in [1.807, 2.05) is 0 Å². The van der Waals surface area contributed by atoms with Crippen molar-refractivity contribution in [3.63, 3.8) is 0 Å². The summed E-state index contributed by atoms with van der Waals surface area (Å²) in [6.45, 7) is -0.568. The zero-order valence-electron chi connectivity index (χ0n) is 31.1. The Balaban J connectivity index is 0.000000232. The Morgan fingerprint density at radius 3 is 1.35 bits per heavy atom. The summed E-state index contributed by atoms with van der Waals surface area (Å²) in [7, 11) is 3.02. The zero-order chi connectivity index (χ0) is 36.2. The van der Waals surface area contributed by atoms with Gasteiger partial charge in [0.25, 0.3) is 0 Å². The highest BCUT2D eigenvalue weighted by atomic mass is 16.6. The summed E-state index contributed by atoms with van der Waals surface area (Å²) in [5, 5.41) is 46.3. The maximum Gasteiger partial charge on any atom is 0.167 e. The monoisotopic (exact) mass is 780 g/mol. The average molecular weight is 781 g/mol. The molecule has 4 fully saturated rings. The van der Waals surface area contributed by atoms with Gasteiger partial charge in [0, 0.05) is 26.3 Å². The van der Waals surface area contributed by atoms with E-state index in [1.54, 1.807) is 21.8 Å². The Morgan fingerprint density at radius 2 is 1.00 bits per heavy atom. The van der Waals surface area contributed by atoms with Crippen LogP contribution in [0.25, 0.3) is 22.3 Å². The number of hydrogen-bond donors (Lipinski definition) is 6. The van der Waals surface area contributed by atoms with Crippen LogP contribution in [0.5, 0.6) is 0 Å². The van der Waals surface area contributed by atoms with Gasteiger partial charge >= 0.3 is 0 Å². The van der Waals surface area contributed by atoms with Gasteiger partial charge in [-0.1, -0.05) is 38.5 Å². The molecule has 2 aliphatic heterocycles. The van der Waals surface area contributed by atoms with E-state index in [0.29, 0.717) is 46.0 Å². The first kappa shape index (κ1) is 44.0. The van der Waals surface area contributed by atoms with Crippen LogP contribution in [0.2, 0.25) is 0 Å². The van der Waals surface area contributed by atoms with E-state index in [2.05, 4.69) is 40.5 Å². The van der Waals surface area contributed by atoms with Gasteiger partial charge in [-0.05, 0) is 25.7 Å². The molecule has 0 bridgehead atoms. The van der Waals surface area contributed by atoms with Gasteiger partial charge in [-0.3, -0.25) is 9.13 Å². The van der Waals surface area contributed by atoms with Gasteiger partial charge in [-0.2, -0.15) is 0 Å². The molecule has 4 aromatic rings. The van der Waals surface area contributed by atoms with Gasteiger partial charge in [0.05, 0.1) is 25.9 Å². The number of nitrogens with zero attached hydrogens (tertiary/aromatic N) is 8. The highest BCUT2D eigenvalue weighted by Crippen LogP contribution is 2.36. The second-order valence-corrected chi connectivity index (χ2v) is 13.9. The molecule has 0 spiro atoms. The number of nitrogens with one attached hydrogen (secondary N) is 2. The Labute approximate surface area is 317 Å². The predicted octanol–water partition coefficient (Wildman–Crippen LogP) is -0.801. The Bertz CT molecular complexity index is 1630. The van der Waals surface area contributed by atoms with E-state index in [4.69, 9.17) is 18.9 Å². The summed E-state index contributed by atoms with van der Waals surface area (Å²) < 4.78 is 25.8. The maximum atomic E-state index is 10.3. The van der Waals surface area contributed by atoms with Crippen LogP contribution in [0, 0.1) is 0 Å². The topological polar surface area (TPSA) is 324 Å². The molecule has 2 saturated carbocycles. The first-order valence-electron chi connectivity index (χ1n) is 18.3. The van der Waals surface area contributed by atoms with Gasteiger partial charge < -0.3 is 66.4 Å². The maximum absolute atomic E-state index is 10.3. The Hall–Kier alpha value is -3.74. The van der Waals surface area contributed by atoms with Crippen molar-refractivity contribution in [2.75, 3.05) is 38.1 Å². The summed E-state index contributed by atoms with van der Waals surface area (Å²) in [6, 6.07) is 0.809. The molecule has 0 amide bonds. The van der Waals surface area contributed by atoms with Crippen molar-refractivity contribution in [3.05, 3.63) is 25.3 Å². The normalized spacial score (nSPS) is 28.5. The summed E-state index contributed by atoms with van der Waals surface area (Å²) in [5.41, 5.74) is 2.55. The highest BCUT2D eigenvalue weighted by Gasteiger charge is 2.46. The fraction of sp³-hybridized carbons (Fsp3) is 0.706. The van der Waals surface area contributed by atoms with Gasteiger partial charge in [-0.25, -0.2) is 29.9 Å². The van der Waals surface area contributed by atoms with Crippen molar-refractivity contribution >= 4 is 34.0 Å². The van der Waals surface area contributed by atoms with Crippen molar-refractivity contribution in [1.29, 1.82) is 0 Å². The molecule has 8 atom stereocenters. The highest BCUT2D eigenvalue weighted by molar-refractivity contribution is 5.83. The number of imidazole rings is 2. The molecule has 8 rings (SSSR count). The molecule has 0 aromatic carbocycles. The van der Waals surface area contributed by atoms with Crippen LogP contribution in [-0.4, -0.2) is 152 Å². The van der Waals surface area contributed by atoms with Gasteiger partial charge in [0.15, 0.2) is 46.4 Å². The minimum absolute atomic E-state index is 0. The number of aliphatic hydroxyl groups is 4. The fourth-order valence-corrected chi connectivity index (χ4v) is 7.86. The van der Waals surface area contributed by atoms with Crippen LogP contribution in [-0.2, 0) is 18.9 Å². The summed E-state index contributed by atoms with van der Waals surface area (Å²) in [5.74, 6) is 1.43. The number of aromatic nitrogens is 8. The third-order valence-electron chi connectivity index (χ3n) is 10.7. The Kier molecular flexibility index (Phi) is 15.9. The molecule has 4 aliphatic rings. The average Bonchev–Trinajstić information content (AvgIpc) is 3.95. The molecule has 21 heteroatoms. The lowest BCUT2D eigenvalue weighted by Gasteiger charge is -2.23. The quantitative estimate of drug-likeness (QED) is 0.115. The van der Waals surface area contributed by atoms with Crippen molar-refractivity contribution in [2.24, 2.45) is 0 Å². The lowest BCUT2D eigenvalue weighted by Crippen LogP contribution is -2.34. The molecule has 55 heavy (non-hydrogen) atoms. The van der Waals surface area contributed by atoms with E-state index in [-0.39, 0.29) is 29.6 Å². The molecule has 6 heterocycles. The van der Waals surface area contributed by atoms with Gasteiger partial charge in [0.2, 0.25) is 0 Å². The number of rotatable bonds is 10. The van der Waals surface area contributed by atoms with Crippen LogP contribution in [0.15, 0.2) is 25.3 Å². The molecular formula is C34H56N10O11. The minimum Gasteiger partial charge on any atom is -0.412 e. The molecule has 2 saturated heterocycles. The smallest absolute Gasteiger partial charge is 0.167 e. The number of hydrogen-bond acceptors (Lipinski definition) is 16. The molecular weight excluding hydrogens is 724 g/mol. The molecule has 308 valence electrons. The third kappa shape index (κ3) is 8.97. The van der Waals surface area contributed by atoms with Crippen molar-refractivity contribution in [2.45, 2.75) is 125 Å². The summed E-state index contributed by atoms with van der Waals surface area (Å²) in [4.78, 5) is 26.4. The number of methoxy groups -OCH3 is 2. The van der Waals surface area contributed by atoms with Crippen molar-refractivity contribution in [3.8, 4) is 0 Å². The van der Waals surface area contributed by atoms with E-state index in [9.17, 15) is 20.4 Å². The Morgan fingerprint density at radius 1 is 0.618 bits per heavy atom. The summed E-state index contributed by atoms with van der Waals surface area (Å²) in [6.07, 6.45) is 12.5. The number of fused-ring (bicyclic) bond motifs is 2. The first-order chi connectivity index (χ1) is 25.4. The lowest BCUT2D eigenvalue weighted by atomic mass is 9.95. The second-order valence-electron chi connectivity index (χ2n) is 13.9.